The molecule has 4 rings (SSSR count). The number of aromatic nitrogens is 1. The Bertz CT molecular complexity index is 1200. The van der Waals surface area contributed by atoms with E-state index in [2.05, 4.69) is 17.1 Å². The maximum Gasteiger partial charge on any atom is 0.220 e. The lowest BCUT2D eigenvalue weighted by Crippen LogP contribution is -1.96. The Morgan fingerprint density at radius 1 is 0.966 bits per heavy atom. The van der Waals surface area contributed by atoms with Crippen molar-refractivity contribution in [2.24, 2.45) is 0 Å². The second-order valence-corrected chi connectivity index (χ2v) is 6.29. The third kappa shape index (κ3) is 4.12. The van der Waals surface area contributed by atoms with E-state index in [4.69, 9.17) is 19.2 Å². The van der Waals surface area contributed by atoms with E-state index in [0.29, 0.717) is 17.4 Å². The molecule has 0 aliphatic rings. The zero-order valence-corrected chi connectivity index (χ0v) is 15.8. The fourth-order valence-corrected chi connectivity index (χ4v) is 3.01. The first-order valence-electron chi connectivity index (χ1n) is 9.09. The Labute approximate surface area is 168 Å². The van der Waals surface area contributed by atoms with Crippen molar-refractivity contribution in [3.63, 3.8) is 0 Å². The summed E-state index contributed by atoms with van der Waals surface area (Å²) in [7, 11) is 1.56. The van der Waals surface area contributed by atoms with Gasteiger partial charge in [-0.25, -0.2) is 4.98 Å². The van der Waals surface area contributed by atoms with Crippen LogP contribution in [0.25, 0.3) is 34.4 Å². The number of nitriles is 1. The van der Waals surface area contributed by atoms with Crippen LogP contribution in [0.5, 0.6) is 11.5 Å². The molecule has 3 aromatic carbocycles. The largest absolute Gasteiger partial charge is 0.493 e. The summed E-state index contributed by atoms with van der Waals surface area (Å²) in [6, 6.07) is 23.6. The number of benzene rings is 3. The number of methoxy groups -OCH3 is 1. The highest BCUT2D eigenvalue weighted by Crippen LogP contribution is 2.29. The van der Waals surface area contributed by atoms with Gasteiger partial charge >= 0.3 is 0 Å². The van der Waals surface area contributed by atoms with Gasteiger partial charge in [-0.15, -0.1) is 0 Å². The van der Waals surface area contributed by atoms with Gasteiger partial charge in [-0.1, -0.05) is 42.5 Å². The summed E-state index contributed by atoms with van der Waals surface area (Å²) in [5.41, 5.74) is 4.68. The van der Waals surface area contributed by atoms with Crippen molar-refractivity contribution in [2.45, 2.75) is 0 Å². The van der Waals surface area contributed by atoms with Crippen LogP contribution in [-0.4, -0.2) is 18.7 Å². The third-order valence-electron chi connectivity index (χ3n) is 4.41. The highest BCUT2D eigenvalue weighted by atomic mass is 16.5. The highest BCUT2D eigenvalue weighted by Gasteiger charge is 2.07. The lowest BCUT2D eigenvalue weighted by molar-refractivity contribution is 0.329. The van der Waals surface area contributed by atoms with Crippen molar-refractivity contribution in [3.05, 3.63) is 78.2 Å². The fourth-order valence-electron chi connectivity index (χ4n) is 3.01. The average Bonchev–Trinajstić information content (AvgIpc) is 3.19. The monoisotopic (exact) mass is 382 g/mol. The molecule has 1 aromatic heterocycles. The second kappa shape index (κ2) is 8.32. The molecule has 29 heavy (non-hydrogen) atoms. The number of ether oxygens (including phenoxy) is 2. The van der Waals surface area contributed by atoms with Crippen LogP contribution in [0.3, 0.4) is 0 Å². The molecule has 0 N–H and O–H groups in total. The van der Waals surface area contributed by atoms with Crippen molar-refractivity contribution >= 4 is 23.3 Å². The average molecular weight is 382 g/mol. The van der Waals surface area contributed by atoms with Crippen molar-refractivity contribution in [2.75, 3.05) is 13.7 Å². The number of nitrogens with zero attached hydrogens (tertiary/aromatic N) is 2. The number of oxazole rings is 1. The quantitative estimate of drug-likeness (QED) is 0.436. The first-order chi connectivity index (χ1) is 14.3. The predicted molar refractivity (Wildman–Crippen MR) is 112 cm³/mol. The van der Waals surface area contributed by atoms with Gasteiger partial charge in [-0.2, -0.15) is 5.26 Å². The summed E-state index contributed by atoms with van der Waals surface area (Å²) in [5, 5.41) is 8.65. The molecule has 0 saturated carbocycles. The minimum Gasteiger partial charge on any atom is -0.493 e. The van der Waals surface area contributed by atoms with E-state index >= 15 is 0 Å². The molecule has 0 amide bonds. The van der Waals surface area contributed by atoms with Crippen LogP contribution in [0.4, 0.5) is 0 Å². The molecule has 0 atom stereocenters. The maximum absolute atomic E-state index is 8.65. The van der Waals surface area contributed by atoms with E-state index in [0.717, 1.165) is 27.8 Å². The Hall–Kier alpha value is -4.04. The van der Waals surface area contributed by atoms with Crippen molar-refractivity contribution in [1.29, 1.82) is 5.26 Å². The number of fused-ring (bicyclic) bond motifs is 1. The minimum absolute atomic E-state index is 0.0284. The Morgan fingerprint density at radius 2 is 1.83 bits per heavy atom. The van der Waals surface area contributed by atoms with Gasteiger partial charge in [0.2, 0.25) is 5.89 Å². The van der Waals surface area contributed by atoms with E-state index < -0.39 is 0 Å². The van der Waals surface area contributed by atoms with Crippen LogP contribution >= 0.6 is 0 Å². The molecule has 0 aliphatic heterocycles. The summed E-state index contributed by atoms with van der Waals surface area (Å²) < 4.78 is 16.5. The van der Waals surface area contributed by atoms with Crippen molar-refractivity contribution in [3.8, 4) is 28.7 Å². The molecule has 0 radical (unpaired) electrons. The molecule has 0 spiro atoms. The standard InChI is InChI=1S/C24H18N2O3/c1-27-23-15-17(7-10-22(23)28-14-13-25)8-12-24-26-20-16-19(9-11-21(20)29-24)18-5-3-2-4-6-18/h2-12,15-16H,14H2,1H3/b12-8+. The van der Waals surface area contributed by atoms with Gasteiger partial charge in [-0.05, 0) is 47.0 Å². The van der Waals surface area contributed by atoms with Gasteiger partial charge in [0.05, 0.1) is 7.11 Å². The van der Waals surface area contributed by atoms with Crippen LogP contribution in [0.2, 0.25) is 0 Å². The molecule has 5 nitrogen and oxygen atoms in total. The SMILES string of the molecule is COc1cc(/C=C/c2nc3cc(-c4ccccc4)ccc3o2)ccc1OCC#N. The second-order valence-electron chi connectivity index (χ2n) is 6.29. The van der Waals surface area contributed by atoms with Gasteiger partial charge in [-0.3, -0.25) is 0 Å². The number of hydrogen-bond donors (Lipinski definition) is 0. The lowest BCUT2D eigenvalue weighted by Gasteiger charge is -2.08. The molecule has 5 heteroatoms. The molecule has 0 fully saturated rings. The van der Waals surface area contributed by atoms with E-state index in [1.165, 1.54) is 0 Å². The molecular weight excluding hydrogens is 364 g/mol. The maximum atomic E-state index is 8.65. The first kappa shape index (κ1) is 18.3. The molecule has 1 heterocycles. The van der Waals surface area contributed by atoms with Gasteiger partial charge < -0.3 is 13.9 Å². The Balaban J connectivity index is 1.57. The van der Waals surface area contributed by atoms with E-state index in [1.54, 1.807) is 13.2 Å². The molecule has 0 aliphatic carbocycles. The number of hydrogen-bond acceptors (Lipinski definition) is 5. The van der Waals surface area contributed by atoms with Crippen LogP contribution in [0, 0.1) is 11.3 Å². The summed E-state index contributed by atoms with van der Waals surface area (Å²) in [4.78, 5) is 4.57. The molecule has 0 saturated heterocycles. The van der Waals surface area contributed by atoms with Crippen LogP contribution < -0.4 is 9.47 Å². The van der Waals surface area contributed by atoms with E-state index in [-0.39, 0.29) is 6.61 Å². The van der Waals surface area contributed by atoms with Crippen LogP contribution in [0.1, 0.15) is 11.5 Å². The van der Waals surface area contributed by atoms with E-state index in [1.807, 2.05) is 66.8 Å². The fraction of sp³-hybridized carbons (Fsp3) is 0.0833. The van der Waals surface area contributed by atoms with Gasteiger partial charge in [0.15, 0.2) is 23.7 Å². The predicted octanol–water partition coefficient (Wildman–Crippen LogP) is 5.58. The van der Waals surface area contributed by atoms with Gasteiger partial charge in [0.25, 0.3) is 0 Å². The summed E-state index contributed by atoms with van der Waals surface area (Å²) in [5.74, 6) is 1.61. The Kier molecular flexibility index (Phi) is 5.26. The van der Waals surface area contributed by atoms with Gasteiger partial charge in [0, 0.05) is 6.08 Å². The molecule has 0 unspecified atom stereocenters. The number of rotatable bonds is 6. The Morgan fingerprint density at radius 3 is 2.62 bits per heavy atom. The lowest BCUT2D eigenvalue weighted by atomic mass is 10.1. The van der Waals surface area contributed by atoms with Crippen LogP contribution in [0.15, 0.2) is 71.1 Å². The summed E-state index contributed by atoms with van der Waals surface area (Å²) in [6.45, 7) is -0.0284. The van der Waals surface area contributed by atoms with Crippen LogP contribution in [-0.2, 0) is 0 Å². The molecule has 142 valence electrons. The van der Waals surface area contributed by atoms with Crippen molar-refractivity contribution < 1.29 is 13.9 Å². The zero-order valence-electron chi connectivity index (χ0n) is 15.8. The topological polar surface area (TPSA) is 68.3 Å². The normalized spacial score (nSPS) is 10.9. The minimum atomic E-state index is -0.0284. The van der Waals surface area contributed by atoms with E-state index in [9.17, 15) is 0 Å². The highest BCUT2D eigenvalue weighted by molar-refractivity contribution is 5.82. The zero-order chi connectivity index (χ0) is 20.1. The molecular formula is C24H18N2O3. The molecule has 0 bridgehead atoms. The first-order valence-corrected chi connectivity index (χ1v) is 9.09. The summed E-state index contributed by atoms with van der Waals surface area (Å²) in [6.07, 6.45) is 3.70. The third-order valence-corrected chi connectivity index (χ3v) is 4.41. The van der Waals surface area contributed by atoms with Gasteiger partial charge in [0.1, 0.15) is 11.6 Å². The summed E-state index contributed by atoms with van der Waals surface area (Å²) >= 11 is 0. The molecule has 4 aromatic rings. The van der Waals surface area contributed by atoms with Crippen molar-refractivity contribution in [1.82, 2.24) is 4.98 Å². The smallest absolute Gasteiger partial charge is 0.220 e.